The van der Waals surface area contributed by atoms with Crippen molar-refractivity contribution >= 4 is 15.9 Å². The summed E-state index contributed by atoms with van der Waals surface area (Å²) in [4.78, 5) is 10.2. The molecule has 0 spiro atoms. The second-order valence-electron chi connectivity index (χ2n) is 2.69. The summed E-state index contributed by atoms with van der Waals surface area (Å²) >= 11 is 0. The van der Waals surface area contributed by atoms with Gasteiger partial charge in [-0.25, -0.2) is 0 Å². The van der Waals surface area contributed by atoms with Crippen molar-refractivity contribution in [3.05, 3.63) is 23.8 Å². The van der Waals surface area contributed by atoms with Crippen LogP contribution in [0.15, 0.2) is 23.1 Å². The first kappa shape index (κ1) is 10.7. The molecular formula is C8H8O5S. The molecule has 0 fully saturated rings. The standard InChI is InChI=1S/C8H8O5S/c1-5(9)6-3-2-4-7(10)8(6)14(11,12)13/h2-4,10H,1H3,(H,11,12,13). The summed E-state index contributed by atoms with van der Waals surface area (Å²) in [6.07, 6.45) is 0. The molecule has 0 aromatic heterocycles. The van der Waals surface area contributed by atoms with Crippen molar-refractivity contribution < 1.29 is 22.9 Å². The van der Waals surface area contributed by atoms with Crippen LogP contribution in [0.3, 0.4) is 0 Å². The van der Waals surface area contributed by atoms with Crippen molar-refractivity contribution in [1.29, 1.82) is 0 Å². The molecule has 0 amide bonds. The zero-order chi connectivity index (χ0) is 10.9. The summed E-state index contributed by atoms with van der Waals surface area (Å²) in [6, 6.07) is 3.61. The topological polar surface area (TPSA) is 91.7 Å². The average Bonchev–Trinajstić information content (AvgIpc) is 2.01. The third-order valence-electron chi connectivity index (χ3n) is 1.63. The highest BCUT2D eigenvalue weighted by molar-refractivity contribution is 7.86. The van der Waals surface area contributed by atoms with Crippen LogP contribution in [-0.2, 0) is 10.1 Å². The fraction of sp³-hybridized carbons (Fsp3) is 0.125. The Kier molecular flexibility index (Phi) is 2.59. The van der Waals surface area contributed by atoms with Crippen LogP contribution in [-0.4, -0.2) is 23.9 Å². The van der Waals surface area contributed by atoms with Crippen molar-refractivity contribution in [1.82, 2.24) is 0 Å². The zero-order valence-electron chi connectivity index (χ0n) is 7.26. The molecular weight excluding hydrogens is 208 g/mol. The summed E-state index contributed by atoms with van der Waals surface area (Å²) in [5.74, 6) is -1.19. The largest absolute Gasteiger partial charge is 0.506 e. The predicted octanol–water partition coefficient (Wildman–Crippen LogP) is 0.842. The molecule has 0 saturated carbocycles. The lowest BCUT2D eigenvalue weighted by atomic mass is 10.1. The van der Waals surface area contributed by atoms with Crippen molar-refractivity contribution in [2.45, 2.75) is 11.8 Å². The lowest BCUT2D eigenvalue weighted by Gasteiger charge is -2.05. The molecule has 14 heavy (non-hydrogen) atoms. The van der Waals surface area contributed by atoms with Gasteiger partial charge in [0.05, 0.1) is 0 Å². The molecule has 1 rings (SSSR count). The number of phenols is 1. The highest BCUT2D eigenvalue weighted by atomic mass is 32.2. The number of rotatable bonds is 2. The van der Waals surface area contributed by atoms with E-state index in [1.807, 2.05) is 0 Å². The molecule has 0 heterocycles. The van der Waals surface area contributed by atoms with Crippen LogP contribution in [0.4, 0.5) is 0 Å². The number of carbonyl (C=O) groups excluding carboxylic acids is 1. The summed E-state index contributed by atoms with van der Waals surface area (Å²) in [5.41, 5.74) is -0.229. The number of Topliss-reactive ketones (excluding diaryl/α,β-unsaturated/α-hetero) is 1. The smallest absolute Gasteiger partial charge is 0.298 e. The minimum atomic E-state index is -4.58. The molecule has 0 saturated heterocycles. The molecule has 0 aliphatic carbocycles. The van der Waals surface area contributed by atoms with Crippen molar-refractivity contribution in [3.8, 4) is 5.75 Å². The number of hydrogen-bond acceptors (Lipinski definition) is 4. The van der Waals surface area contributed by atoms with Crippen molar-refractivity contribution in [2.75, 3.05) is 0 Å². The number of hydrogen-bond donors (Lipinski definition) is 2. The van der Waals surface area contributed by atoms with Crippen LogP contribution in [0, 0.1) is 0 Å². The zero-order valence-corrected chi connectivity index (χ0v) is 8.08. The van der Waals surface area contributed by atoms with Crippen LogP contribution in [0.1, 0.15) is 17.3 Å². The Morgan fingerprint density at radius 3 is 2.29 bits per heavy atom. The van der Waals surface area contributed by atoms with Gasteiger partial charge >= 0.3 is 0 Å². The third-order valence-corrected chi connectivity index (χ3v) is 2.58. The first-order valence-corrected chi connectivity index (χ1v) is 5.08. The second-order valence-corrected chi connectivity index (χ2v) is 4.04. The first-order chi connectivity index (χ1) is 6.34. The van der Waals surface area contributed by atoms with Gasteiger partial charge in [-0.3, -0.25) is 9.35 Å². The van der Waals surface area contributed by atoms with Gasteiger partial charge in [0.15, 0.2) is 5.78 Å². The van der Waals surface area contributed by atoms with E-state index in [4.69, 9.17) is 4.55 Å². The number of aromatic hydroxyl groups is 1. The molecule has 2 N–H and O–H groups in total. The maximum absolute atomic E-state index is 11.0. The van der Waals surface area contributed by atoms with Crippen molar-refractivity contribution in [2.24, 2.45) is 0 Å². The molecule has 0 aliphatic heterocycles. The van der Waals surface area contributed by atoms with Gasteiger partial charge in [0, 0.05) is 5.56 Å². The number of ketones is 1. The van der Waals surface area contributed by atoms with E-state index >= 15 is 0 Å². The highest BCUT2D eigenvalue weighted by Crippen LogP contribution is 2.26. The molecule has 0 unspecified atom stereocenters. The quantitative estimate of drug-likeness (QED) is 0.564. The number of phenolic OH excluding ortho intramolecular Hbond substituents is 1. The summed E-state index contributed by atoms with van der Waals surface area (Å²) in [5, 5.41) is 9.18. The Bertz CT molecular complexity index is 475. The number of benzene rings is 1. The molecule has 0 atom stereocenters. The molecule has 1 aromatic rings. The average molecular weight is 216 g/mol. The van der Waals surface area contributed by atoms with Crippen LogP contribution in [0.25, 0.3) is 0 Å². The van der Waals surface area contributed by atoms with Crippen LogP contribution >= 0.6 is 0 Å². The van der Waals surface area contributed by atoms with Gasteiger partial charge in [0.25, 0.3) is 10.1 Å². The summed E-state index contributed by atoms with van der Waals surface area (Å²) in [6.45, 7) is 1.14. The van der Waals surface area contributed by atoms with Crippen molar-refractivity contribution in [3.63, 3.8) is 0 Å². The van der Waals surface area contributed by atoms with Gasteiger partial charge in [-0.15, -0.1) is 0 Å². The van der Waals surface area contributed by atoms with E-state index in [0.29, 0.717) is 0 Å². The third kappa shape index (κ3) is 1.91. The Labute approximate surface area is 80.7 Å². The molecule has 76 valence electrons. The monoisotopic (exact) mass is 216 g/mol. The predicted molar refractivity (Wildman–Crippen MR) is 47.9 cm³/mol. The molecule has 6 heteroatoms. The van der Waals surface area contributed by atoms with E-state index in [0.717, 1.165) is 13.0 Å². The van der Waals surface area contributed by atoms with Crippen LogP contribution < -0.4 is 0 Å². The van der Waals surface area contributed by atoms with E-state index in [-0.39, 0.29) is 5.56 Å². The van der Waals surface area contributed by atoms with Gasteiger partial charge in [-0.1, -0.05) is 6.07 Å². The fourth-order valence-electron chi connectivity index (χ4n) is 1.07. The van der Waals surface area contributed by atoms with E-state index in [9.17, 15) is 18.3 Å². The normalized spacial score (nSPS) is 11.3. The van der Waals surface area contributed by atoms with Gasteiger partial charge < -0.3 is 5.11 Å². The lowest BCUT2D eigenvalue weighted by Crippen LogP contribution is -2.06. The molecule has 0 radical (unpaired) electrons. The van der Waals surface area contributed by atoms with Gasteiger partial charge in [0.1, 0.15) is 10.6 Å². The molecule has 0 aliphatic rings. The maximum Gasteiger partial charge on any atom is 0.298 e. The van der Waals surface area contributed by atoms with Gasteiger partial charge in [-0.2, -0.15) is 8.42 Å². The Morgan fingerprint density at radius 2 is 1.93 bits per heavy atom. The minimum Gasteiger partial charge on any atom is -0.506 e. The summed E-state index contributed by atoms with van der Waals surface area (Å²) < 4.78 is 30.4. The Morgan fingerprint density at radius 1 is 1.36 bits per heavy atom. The van der Waals surface area contributed by atoms with E-state index in [1.165, 1.54) is 12.1 Å². The van der Waals surface area contributed by atoms with E-state index in [2.05, 4.69) is 0 Å². The number of carbonyl (C=O) groups is 1. The van der Waals surface area contributed by atoms with E-state index in [1.54, 1.807) is 0 Å². The summed E-state index contributed by atoms with van der Waals surface area (Å²) in [7, 11) is -4.58. The Hall–Kier alpha value is -1.40. The second kappa shape index (κ2) is 3.39. The maximum atomic E-state index is 11.0. The molecule has 5 nitrogen and oxygen atoms in total. The molecule has 0 bridgehead atoms. The van der Waals surface area contributed by atoms with Gasteiger partial charge in [-0.05, 0) is 19.1 Å². The SMILES string of the molecule is CC(=O)c1cccc(O)c1S(=O)(=O)O. The molecule has 1 aromatic carbocycles. The first-order valence-electron chi connectivity index (χ1n) is 3.64. The minimum absolute atomic E-state index is 0.229. The highest BCUT2D eigenvalue weighted by Gasteiger charge is 2.22. The fourth-order valence-corrected chi connectivity index (χ4v) is 1.90. The van der Waals surface area contributed by atoms with Crippen LogP contribution in [0.2, 0.25) is 0 Å². The Balaban J connectivity index is 3.62. The lowest BCUT2D eigenvalue weighted by molar-refractivity contribution is 0.101. The van der Waals surface area contributed by atoms with Crippen LogP contribution in [0.5, 0.6) is 5.75 Å². The van der Waals surface area contributed by atoms with E-state index < -0.39 is 26.5 Å². The van der Waals surface area contributed by atoms with Gasteiger partial charge in [0.2, 0.25) is 0 Å².